The van der Waals surface area contributed by atoms with Crippen molar-refractivity contribution in [2.45, 2.75) is 19.3 Å². The number of carboxylic acid groups (broad SMARTS) is 2. The van der Waals surface area contributed by atoms with Crippen molar-refractivity contribution in [2.75, 3.05) is 0 Å². The van der Waals surface area contributed by atoms with Gasteiger partial charge in [-0.15, -0.1) is 0 Å². The fourth-order valence-electron chi connectivity index (χ4n) is 1.05. The van der Waals surface area contributed by atoms with Gasteiger partial charge >= 0.3 is 11.9 Å². The van der Waals surface area contributed by atoms with E-state index in [-0.39, 0.29) is 57.6 Å². The third-order valence-electron chi connectivity index (χ3n) is 2.03. The first kappa shape index (κ1) is 14.9. The van der Waals surface area contributed by atoms with Gasteiger partial charge in [-0.25, -0.2) is 0 Å². The molecule has 0 spiro atoms. The molecule has 1 rings (SSSR count). The average molecular weight is 360 g/mol. The van der Waals surface area contributed by atoms with E-state index < -0.39 is 17.4 Å². The minimum absolute atomic E-state index is 0. The summed E-state index contributed by atoms with van der Waals surface area (Å²) >= 11 is 0. The zero-order valence-corrected chi connectivity index (χ0v) is 8.90. The normalized spacial score (nSPS) is 17.7. The average Bonchev–Trinajstić information content (AvgIpc) is 1.57. The summed E-state index contributed by atoms with van der Waals surface area (Å²) in [5.41, 5.74) is -1.44. The number of rotatable bonds is 2. The first-order valence-electron chi connectivity index (χ1n) is 3.06. The van der Waals surface area contributed by atoms with Crippen molar-refractivity contribution in [1.82, 2.24) is 0 Å². The Labute approximate surface area is 101 Å². The molecule has 0 aromatic carbocycles. The standard InChI is InChI=1S/C6H8O4.2Ag/c7-4(8)6(5(9)10)2-1-3-6;;/h1-3H2,(H,7,8)(H,9,10);;. The van der Waals surface area contributed by atoms with Crippen LogP contribution in [0, 0.1) is 5.41 Å². The molecule has 0 saturated heterocycles. The van der Waals surface area contributed by atoms with E-state index in [1.165, 1.54) is 0 Å². The van der Waals surface area contributed by atoms with E-state index in [0.29, 0.717) is 6.42 Å². The maximum Gasteiger partial charge on any atom is 0.321 e. The topological polar surface area (TPSA) is 74.6 Å². The fraction of sp³-hybridized carbons (Fsp3) is 0.667. The van der Waals surface area contributed by atoms with Crippen LogP contribution in [-0.4, -0.2) is 22.2 Å². The molecule has 6 heteroatoms. The molecule has 12 heavy (non-hydrogen) atoms. The molecule has 1 aliphatic carbocycles. The molecule has 0 bridgehead atoms. The predicted octanol–water partition coefficient (Wildman–Crippen LogP) is 0.321. The minimum atomic E-state index is -1.44. The summed E-state index contributed by atoms with van der Waals surface area (Å²) < 4.78 is 0. The maximum absolute atomic E-state index is 10.4. The summed E-state index contributed by atoms with van der Waals surface area (Å²) in [6.07, 6.45) is 1.26. The number of aliphatic carboxylic acids is 2. The van der Waals surface area contributed by atoms with Crippen LogP contribution in [0.1, 0.15) is 19.3 Å². The van der Waals surface area contributed by atoms with Crippen LogP contribution in [0.3, 0.4) is 0 Å². The molecule has 0 atom stereocenters. The van der Waals surface area contributed by atoms with Crippen LogP contribution in [-0.2, 0) is 54.3 Å². The van der Waals surface area contributed by atoms with Crippen LogP contribution in [0.2, 0.25) is 0 Å². The van der Waals surface area contributed by atoms with Crippen LogP contribution < -0.4 is 0 Å². The Hall–Kier alpha value is 0.421. The number of carbonyl (C=O) groups is 2. The third-order valence-corrected chi connectivity index (χ3v) is 2.03. The molecular formula is C6H8Ag2O4. The number of hydrogen-bond donors (Lipinski definition) is 2. The van der Waals surface area contributed by atoms with Gasteiger partial charge in [-0.2, -0.15) is 0 Å². The Balaban J connectivity index is 0. The molecule has 2 N–H and O–H groups in total. The Kier molecular flexibility index (Phi) is 6.48. The first-order chi connectivity index (χ1) is 4.59. The molecule has 4 nitrogen and oxygen atoms in total. The van der Waals surface area contributed by atoms with E-state index in [1.54, 1.807) is 0 Å². The summed E-state index contributed by atoms with van der Waals surface area (Å²) in [7, 11) is 0. The summed E-state index contributed by atoms with van der Waals surface area (Å²) in [6, 6.07) is 0. The molecular weight excluding hydrogens is 352 g/mol. The van der Waals surface area contributed by atoms with Crippen molar-refractivity contribution in [3.8, 4) is 0 Å². The van der Waals surface area contributed by atoms with Crippen LogP contribution in [0.15, 0.2) is 0 Å². The molecule has 0 aromatic heterocycles. The van der Waals surface area contributed by atoms with E-state index in [2.05, 4.69) is 0 Å². The van der Waals surface area contributed by atoms with Crippen molar-refractivity contribution in [3.05, 3.63) is 0 Å². The quantitative estimate of drug-likeness (QED) is 0.550. The second kappa shape index (κ2) is 5.22. The molecule has 0 aromatic rings. The van der Waals surface area contributed by atoms with Gasteiger partial charge in [0.05, 0.1) is 0 Å². The smallest absolute Gasteiger partial charge is 0.321 e. The molecule has 0 unspecified atom stereocenters. The summed E-state index contributed by atoms with van der Waals surface area (Å²) in [6.45, 7) is 0. The molecule has 78 valence electrons. The van der Waals surface area contributed by atoms with Gasteiger partial charge in [-0.05, 0) is 19.3 Å². The molecule has 1 saturated carbocycles. The van der Waals surface area contributed by atoms with Crippen molar-refractivity contribution < 1.29 is 64.6 Å². The molecule has 0 amide bonds. The summed E-state index contributed by atoms with van der Waals surface area (Å²) in [5, 5.41) is 16.9. The molecule has 2 radical (unpaired) electrons. The van der Waals surface area contributed by atoms with Gasteiger partial charge in [0.2, 0.25) is 0 Å². The van der Waals surface area contributed by atoms with Gasteiger partial charge in [-0.3, -0.25) is 9.59 Å². The largest absolute Gasteiger partial charge is 0.480 e. The Morgan fingerprint density at radius 1 is 1.00 bits per heavy atom. The molecule has 0 heterocycles. The second-order valence-electron chi connectivity index (χ2n) is 2.55. The summed E-state index contributed by atoms with van der Waals surface area (Å²) in [4.78, 5) is 20.7. The van der Waals surface area contributed by atoms with Gasteiger partial charge in [0.15, 0.2) is 5.41 Å². The van der Waals surface area contributed by atoms with Gasteiger partial charge in [0.25, 0.3) is 0 Å². The van der Waals surface area contributed by atoms with Gasteiger partial charge in [0.1, 0.15) is 0 Å². The van der Waals surface area contributed by atoms with Gasteiger partial charge in [-0.1, -0.05) is 0 Å². The third kappa shape index (κ3) is 2.22. The Morgan fingerprint density at radius 2 is 1.33 bits per heavy atom. The molecule has 0 aliphatic heterocycles. The predicted molar refractivity (Wildman–Crippen MR) is 31.6 cm³/mol. The van der Waals surface area contributed by atoms with Crippen LogP contribution in [0.5, 0.6) is 0 Å². The second-order valence-corrected chi connectivity index (χ2v) is 2.55. The zero-order chi connectivity index (χ0) is 7.78. The Morgan fingerprint density at radius 3 is 1.33 bits per heavy atom. The van der Waals surface area contributed by atoms with E-state index in [1.807, 2.05) is 0 Å². The monoisotopic (exact) mass is 358 g/mol. The minimum Gasteiger partial charge on any atom is -0.480 e. The van der Waals surface area contributed by atoms with Crippen molar-refractivity contribution in [3.63, 3.8) is 0 Å². The van der Waals surface area contributed by atoms with E-state index >= 15 is 0 Å². The van der Waals surface area contributed by atoms with Crippen molar-refractivity contribution in [1.29, 1.82) is 0 Å². The Bertz CT molecular complexity index is 172. The van der Waals surface area contributed by atoms with Gasteiger partial charge in [0, 0.05) is 44.8 Å². The van der Waals surface area contributed by atoms with Crippen molar-refractivity contribution >= 4 is 11.9 Å². The van der Waals surface area contributed by atoms with Gasteiger partial charge < -0.3 is 10.2 Å². The van der Waals surface area contributed by atoms with Crippen LogP contribution in [0.4, 0.5) is 0 Å². The van der Waals surface area contributed by atoms with Crippen molar-refractivity contribution in [2.24, 2.45) is 5.41 Å². The SMILES string of the molecule is O=C(O)C1(C(=O)O)CCC1.[Ag].[Ag]. The van der Waals surface area contributed by atoms with E-state index in [4.69, 9.17) is 10.2 Å². The fourth-order valence-corrected chi connectivity index (χ4v) is 1.05. The van der Waals surface area contributed by atoms with Crippen LogP contribution in [0.25, 0.3) is 0 Å². The maximum atomic E-state index is 10.4. The van der Waals surface area contributed by atoms with E-state index in [0.717, 1.165) is 0 Å². The number of carboxylic acids is 2. The summed E-state index contributed by atoms with van der Waals surface area (Å²) in [5.74, 6) is -2.41. The zero-order valence-electron chi connectivity index (χ0n) is 5.94. The first-order valence-corrected chi connectivity index (χ1v) is 3.06. The number of hydrogen-bond acceptors (Lipinski definition) is 2. The van der Waals surface area contributed by atoms with Crippen LogP contribution >= 0.6 is 0 Å². The van der Waals surface area contributed by atoms with E-state index in [9.17, 15) is 9.59 Å². The molecule has 1 fully saturated rings. The molecule has 1 aliphatic rings.